The number of β-amino-alcohol motifs (C(OH)–C–C–N with tert-alkyl or cyclic N) is 1. The SMILES string of the molecule is CNC(=O)C(C)(C)NC[C@@]1(O)CCCN(Cc2cccc(OC)c2)C1=O. The molecule has 0 aromatic heterocycles. The molecule has 7 nitrogen and oxygen atoms in total. The molecule has 1 aromatic rings. The molecule has 1 aliphatic rings. The van der Waals surface area contributed by atoms with Crippen LogP contribution >= 0.6 is 0 Å². The van der Waals surface area contributed by atoms with Crippen LogP contribution in [-0.4, -0.2) is 60.2 Å². The van der Waals surface area contributed by atoms with Crippen molar-refractivity contribution in [2.24, 2.45) is 0 Å². The van der Waals surface area contributed by atoms with Gasteiger partial charge in [0.1, 0.15) is 5.75 Å². The molecule has 0 aliphatic carbocycles. The fourth-order valence-electron chi connectivity index (χ4n) is 3.13. The predicted molar refractivity (Wildman–Crippen MR) is 98.7 cm³/mol. The molecule has 144 valence electrons. The first-order valence-electron chi connectivity index (χ1n) is 8.84. The Kier molecular flexibility index (Phi) is 6.26. The van der Waals surface area contributed by atoms with Crippen LogP contribution in [-0.2, 0) is 16.1 Å². The van der Waals surface area contributed by atoms with Gasteiger partial charge in [0.2, 0.25) is 5.91 Å². The highest BCUT2D eigenvalue weighted by Gasteiger charge is 2.43. The van der Waals surface area contributed by atoms with Crippen LogP contribution in [0.25, 0.3) is 0 Å². The molecule has 1 aliphatic heterocycles. The summed E-state index contributed by atoms with van der Waals surface area (Å²) in [6.07, 6.45) is 1.07. The smallest absolute Gasteiger partial charge is 0.256 e. The number of aliphatic hydroxyl groups is 1. The van der Waals surface area contributed by atoms with Crippen molar-refractivity contribution in [2.45, 2.75) is 44.4 Å². The number of rotatable bonds is 7. The zero-order valence-corrected chi connectivity index (χ0v) is 16.0. The van der Waals surface area contributed by atoms with Gasteiger partial charge in [0.05, 0.1) is 12.6 Å². The Balaban J connectivity index is 2.06. The van der Waals surface area contributed by atoms with Crippen LogP contribution in [0.4, 0.5) is 0 Å². The average Bonchev–Trinajstić information content (AvgIpc) is 2.63. The van der Waals surface area contributed by atoms with E-state index in [1.165, 1.54) is 0 Å². The van der Waals surface area contributed by atoms with Crippen LogP contribution in [0.2, 0.25) is 0 Å². The lowest BCUT2D eigenvalue weighted by Gasteiger charge is -2.40. The van der Waals surface area contributed by atoms with Crippen LogP contribution < -0.4 is 15.4 Å². The van der Waals surface area contributed by atoms with E-state index in [1.807, 2.05) is 24.3 Å². The molecule has 2 amide bonds. The summed E-state index contributed by atoms with van der Waals surface area (Å²) in [6.45, 7) is 4.47. The molecule has 0 radical (unpaired) electrons. The average molecular weight is 363 g/mol. The molecule has 0 saturated carbocycles. The van der Waals surface area contributed by atoms with Crippen molar-refractivity contribution in [1.29, 1.82) is 0 Å². The topological polar surface area (TPSA) is 90.9 Å². The van der Waals surface area contributed by atoms with Gasteiger partial charge in [-0.1, -0.05) is 12.1 Å². The number of nitrogens with one attached hydrogen (secondary N) is 2. The molecule has 1 atom stereocenters. The van der Waals surface area contributed by atoms with E-state index < -0.39 is 11.1 Å². The highest BCUT2D eigenvalue weighted by atomic mass is 16.5. The fourth-order valence-corrected chi connectivity index (χ4v) is 3.13. The zero-order chi connectivity index (χ0) is 19.4. The maximum absolute atomic E-state index is 12.9. The standard InChI is InChI=1S/C19H29N3O4/c1-18(2,16(23)20-3)21-13-19(25)9-6-10-22(17(19)24)12-14-7-5-8-15(11-14)26-4/h5,7-8,11,21,25H,6,9-10,12-13H2,1-4H3,(H,20,23)/t19-/m0/s1. The Morgan fingerprint density at radius 3 is 2.81 bits per heavy atom. The summed E-state index contributed by atoms with van der Waals surface area (Å²) < 4.78 is 5.22. The van der Waals surface area contributed by atoms with Crippen molar-refractivity contribution < 1.29 is 19.4 Å². The molecule has 0 unspecified atom stereocenters. The van der Waals surface area contributed by atoms with E-state index >= 15 is 0 Å². The summed E-state index contributed by atoms with van der Waals surface area (Å²) in [4.78, 5) is 26.4. The summed E-state index contributed by atoms with van der Waals surface area (Å²) in [6, 6.07) is 7.54. The lowest BCUT2D eigenvalue weighted by Crippen LogP contribution is -2.62. The third-order valence-electron chi connectivity index (χ3n) is 4.83. The van der Waals surface area contributed by atoms with Gasteiger partial charge < -0.3 is 25.4 Å². The van der Waals surface area contributed by atoms with Crippen molar-refractivity contribution in [3.05, 3.63) is 29.8 Å². The van der Waals surface area contributed by atoms with E-state index in [-0.39, 0.29) is 18.4 Å². The number of carbonyl (C=O) groups is 2. The fraction of sp³-hybridized carbons (Fsp3) is 0.579. The van der Waals surface area contributed by atoms with Crippen molar-refractivity contribution in [2.75, 3.05) is 27.2 Å². The van der Waals surface area contributed by atoms with Crippen LogP contribution in [0, 0.1) is 0 Å². The monoisotopic (exact) mass is 363 g/mol. The lowest BCUT2D eigenvalue weighted by molar-refractivity contribution is -0.158. The van der Waals surface area contributed by atoms with E-state index in [0.29, 0.717) is 25.9 Å². The number of benzene rings is 1. The number of likely N-dealkylation sites (tertiary alicyclic amines) is 1. The van der Waals surface area contributed by atoms with Crippen molar-refractivity contribution in [1.82, 2.24) is 15.5 Å². The Bertz CT molecular complexity index is 662. The minimum absolute atomic E-state index is 0.0286. The van der Waals surface area contributed by atoms with Crippen LogP contribution in [0.1, 0.15) is 32.3 Å². The number of piperidine rings is 1. The van der Waals surface area contributed by atoms with Crippen molar-refractivity contribution >= 4 is 11.8 Å². The van der Waals surface area contributed by atoms with E-state index in [4.69, 9.17) is 4.74 Å². The number of hydrogen-bond donors (Lipinski definition) is 3. The third kappa shape index (κ3) is 4.53. The van der Waals surface area contributed by atoms with Gasteiger partial charge >= 0.3 is 0 Å². The lowest BCUT2D eigenvalue weighted by atomic mass is 9.90. The molecule has 1 heterocycles. The minimum Gasteiger partial charge on any atom is -0.497 e. The minimum atomic E-state index is -1.51. The van der Waals surface area contributed by atoms with Crippen molar-refractivity contribution in [3.8, 4) is 5.75 Å². The zero-order valence-electron chi connectivity index (χ0n) is 16.0. The Labute approximate surface area is 154 Å². The summed E-state index contributed by atoms with van der Waals surface area (Å²) in [5.74, 6) is 0.223. The Hall–Kier alpha value is -2.12. The predicted octanol–water partition coefficient (Wildman–Crippen LogP) is 0.663. The molecule has 1 aromatic carbocycles. The molecule has 3 N–H and O–H groups in total. The van der Waals surface area contributed by atoms with Gasteiger partial charge in [-0.3, -0.25) is 9.59 Å². The highest BCUT2D eigenvalue weighted by Crippen LogP contribution is 2.25. The molecular weight excluding hydrogens is 334 g/mol. The quantitative estimate of drug-likeness (QED) is 0.662. The summed E-state index contributed by atoms with van der Waals surface area (Å²) in [7, 11) is 3.16. The summed E-state index contributed by atoms with van der Waals surface area (Å²) in [5, 5.41) is 16.5. The van der Waals surface area contributed by atoms with Gasteiger partial charge in [-0.05, 0) is 44.4 Å². The van der Waals surface area contributed by atoms with Gasteiger partial charge in [0.15, 0.2) is 5.60 Å². The van der Waals surface area contributed by atoms with Gasteiger partial charge in [0.25, 0.3) is 5.91 Å². The Morgan fingerprint density at radius 2 is 2.15 bits per heavy atom. The molecule has 7 heteroatoms. The van der Waals surface area contributed by atoms with E-state index in [9.17, 15) is 14.7 Å². The second-order valence-electron chi connectivity index (χ2n) is 7.27. The van der Waals surface area contributed by atoms with Gasteiger partial charge in [-0.15, -0.1) is 0 Å². The maximum atomic E-state index is 12.9. The number of amides is 2. The first kappa shape index (κ1) is 20.2. The molecule has 0 spiro atoms. The highest BCUT2D eigenvalue weighted by molar-refractivity contribution is 5.87. The first-order valence-corrected chi connectivity index (χ1v) is 8.84. The van der Waals surface area contributed by atoms with E-state index in [2.05, 4.69) is 10.6 Å². The summed E-state index contributed by atoms with van der Waals surface area (Å²) >= 11 is 0. The number of ether oxygens (including phenoxy) is 1. The maximum Gasteiger partial charge on any atom is 0.256 e. The number of nitrogens with zero attached hydrogens (tertiary/aromatic N) is 1. The normalized spacial score (nSPS) is 20.8. The molecule has 1 fully saturated rings. The molecule has 2 rings (SSSR count). The Morgan fingerprint density at radius 1 is 1.42 bits per heavy atom. The van der Waals surface area contributed by atoms with Crippen LogP contribution in [0.3, 0.4) is 0 Å². The van der Waals surface area contributed by atoms with E-state index in [0.717, 1.165) is 11.3 Å². The van der Waals surface area contributed by atoms with E-state index in [1.54, 1.807) is 32.9 Å². The second kappa shape index (κ2) is 8.05. The second-order valence-corrected chi connectivity index (χ2v) is 7.27. The van der Waals surface area contributed by atoms with Crippen LogP contribution in [0.15, 0.2) is 24.3 Å². The third-order valence-corrected chi connectivity index (χ3v) is 4.83. The molecule has 1 saturated heterocycles. The molecule has 26 heavy (non-hydrogen) atoms. The number of methoxy groups -OCH3 is 1. The van der Waals surface area contributed by atoms with Gasteiger partial charge in [-0.2, -0.15) is 0 Å². The van der Waals surface area contributed by atoms with Gasteiger partial charge in [0, 0.05) is 26.7 Å². The summed E-state index contributed by atoms with van der Waals surface area (Å²) in [5.41, 5.74) is -1.44. The molecular formula is C19H29N3O4. The van der Waals surface area contributed by atoms with Crippen LogP contribution in [0.5, 0.6) is 5.75 Å². The largest absolute Gasteiger partial charge is 0.497 e. The first-order chi connectivity index (χ1) is 12.2. The number of likely N-dealkylation sites (N-methyl/N-ethyl adjacent to an activating group) is 1. The molecule has 0 bridgehead atoms. The van der Waals surface area contributed by atoms with Crippen molar-refractivity contribution in [3.63, 3.8) is 0 Å². The number of hydrogen-bond acceptors (Lipinski definition) is 5. The number of carbonyl (C=O) groups excluding carboxylic acids is 2. The van der Waals surface area contributed by atoms with Gasteiger partial charge in [-0.25, -0.2) is 0 Å².